The van der Waals surface area contributed by atoms with Crippen LogP contribution in [0.3, 0.4) is 0 Å². The monoisotopic (exact) mass is 278 g/mol. The molecule has 112 valence electrons. The van der Waals surface area contributed by atoms with E-state index < -0.39 is 11.7 Å². The third kappa shape index (κ3) is 6.06. The fourth-order valence-electron chi connectivity index (χ4n) is 1.90. The van der Waals surface area contributed by atoms with Crippen molar-refractivity contribution in [3.05, 3.63) is 34.9 Å². The van der Waals surface area contributed by atoms with Crippen molar-refractivity contribution in [2.75, 3.05) is 6.54 Å². The van der Waals surface area contributed by atoms with E-state index in [-0.39, 0.29) is 6.04 Å². The minimum atomic E-state index is -0.485. The summed E-state index contributed by atoms with van der Waals surface area (Å²) in [6.45, 7) is 10.0. The quantitative estimate of drug-likeness (QED) is 0.890. The number of amides is 1. The molecule has 0 heterocycles. The lowest BCUT2D eigenvalue weighted by Crippen LogP contribution is -2.41. The Morgan fingerprint density at radius 1 is 1.35 bits per heavy atom. The number of hydrogen-bond acceptors (Lipinski definition) is 3. The molecule has 0 fully saturated rings. The molecule has 1 aromatic carbocycles. The number of rotatable bonds is 4. The molecule has 1 unspecified atom stereocenters. The maximum atomic E-state index is 11.5. The van der Waals surface area contributed by atoms with E-state index in [9.17, 15) is 4.79 Å². The minimum Gasteiger partial charge on any atom is -0.444 e. The first kappa shape index (κ1) is 16.5. The molecule has 0 aliphatic heterocycles. The van der Waals surface area contributed by atoms with E-state index in [1.807, 2.05) is 20.8 Å². The average Bonchev–Trinajstić information content (AvgIpc) is 2.29. The summed E-state index contributed by atoms with van der Waals surface area (Å²) in [7, 11) is 0. The number of benzene rings is 1. The van der Waals surface area contributed by atoms with Gasteiger partial charge < -0.3 is 15.8 Å². The lowest BCUT2D eigenvalue weighted by molar-refractivity contribution is 0.0524. The molecular weight excluding hydrogens is 252 g/mol. The zero-order chi connectivity index (χ0) is 15.3. The van der Waals surface area contributed by atoms with Gasteiger partial charge in [0.15, 0.2) is 0 Å². The van der Waals surface area contributed by atoms with Gasteiger partial charge >= 0.3 is 6.09 Å². The maximum absolute atomic E-state index is 11.5. The van der Waals surface area contributed by atoms with Crippen LogP contribution in [-0.4, -0.2) is 24.3 Å². The Bertz CT molecular complexity index is 464. The third-order valence-electron chi connectivity index (χ3n) is 2.89. The first-order chi connectivity index (χ1) is 9.17. The highest BCUT2D eigenvalue weighted by molar-refractivity contribution is 5.67. The van der Waals surface area contributed by atoms with Gasteiger partial charge in [-0.2, -0.15) is 0 Å². The Kier molecular flexibility index (Phi) is 5.57. The molecule has 1 aromatic rings. The van der Waals surface area contributed by atoms with Crippen LogP contribution in [0.25, 0.3) is 0 Å². The molecular formula is C16H26N2O2. The van der Waals surface area contributed by atoms with Gasteiger partial charge in [-0.05, 0) is 52.2 Å². The Morgan fingerprint density at radius 3 is 2.60 bits per heavy atom. The second kappa shape index (κ2) is 6.75. The van der Waals surface area contributed by atoms with Gasteiger partial charge in [0.2, 0.25) is 0 Å². The summed E-state index contributed by atoms with van der Waals surface area (Å²) in [5, 5.41) is 2.71. The SMILES string of the molecule is Cc1ccc(C)c(CC(N)CNC(=O)OC(C)(C)C)c1. The Hall–Kier alpha value is -1.55. The van der Waals surface area contributed by atoms with Crippen LogP contribution in [0.15, 0.2) is 18.2 Å². The van der Waals surface area contributed by atoms with Crippen LogP contribution in [0, 0.1) is 13.8 Å². The zero-order valence-electron chi connectivity index (χ0n) is 13.1. The second-order valence-corrected chi connectivity index (χ2v) is 6.28. The van der Waals surface area contributed by atoms with E-state index in [4.69, 9.17) is 10.5 Å². The van der Waals surface area contributed by atoms with Crippen molar-refractivity contribution in [3.63, 3.8) is 0 Å². The zero-order valence-corrected chi connectivity index (χ0v) is 13.1. The molecule has 0 aliphatic carbocycles. The van der Waals surface area contributed by atoms with Crippen LogP contribution >= 0.6 is 0 Å². The third-order valence-corrected chi connectivity index (χ3v) is 2.89. The standard InChI is InChI=1S/C16H26N2O2/c1-11-6-7-12(2)13(8-11)9-14(17)10-18-15(19)20-16(3,4)5/h6-8,14H,9-10,17H2,1-5H3,(H,18,19). The van der Waals surface area contributed by atoms with Gasteiger partial charge in [-0.1, -0.05) is 23.8 Å². The summed E-state index contributed by atoms with van der Waals surface area (Å²) in [4.78, 5) is 11.5. The Labute approximate surface area is 121 Å². The van der Waals surface area contributed by atoms with Gasteiger partial charge in [0.1, 0.15) is 5.60 Å². The summed E-state index contributed by atoms with van der Waals surface area (Å²) in [6, 6.07) is 6.20. The van der Waals surface area contributed by atoms with Crippen molar-refractivity contribution in [3.8, 4) is 0 Å². The van der Waals surface area contributed by atoms with E-state index in [1.165, 1.54) is 16.7 Å². The molecule has 0 saturated heterocycles. The number of aryl methyl sites for hydroxylation is 2. The summed E-state index contributed by atoms with van der Waals surface area (Å²) in [6.07, 6.45) is 0.317. The first-order valence-electron chi connectivity index (χ1n) is 6.96. The molecule has 3 N–H and O–H groups in total. The average molecular weight is 278 g/mol. The summed E-state index contributed by atoms with van der Waals surface area (Å²) >= 11 is 0. The number of carbonyl (C=O) groups is 1. The van der Waals surface area contributed by atoms with Crippen molar-refractivity contribution in [2.45, 2.75) is 52.7 Å². The molecule has 1 atom stereocenters. The van der Waals surface area contributed by atoms with E-state index in [0.717, 1.165) is 6.42 Å². The van der Waals surface area contributed by atoms with Crippen LogP contribution in [0.4, 0.5) is 4.79 Å². The highest BCUT2D eigenvalue weighted by Crippen LogP contribution is 2.12. The number of nitrogens with two attached hydrogens (primary N) is 1. The number of alkyl carbamates (subject to hydrolysis) is 1. The van der Waals surface area contributed by atoms with Gasteiger partial charge in [-0.3, -0.25) is 0 Å². The number of hydrogen-bond donors (Lipinski definition) is 2. The molecule has 0 saturated carbocycles. The summed E-state index contributed by atoms with van der Waals surface area (Å²) in [5.41, 5.74) is 9.25. The fourth-order valence-corrected chi connectivity index (χ4v) is 1.90. The minimum absolute atomic E-state index is 0.122. The first-order valence-corrected chi connectivity index (χ1v) is 6.96. The molecule has 0 aliphatic rings. The van der Waals surface area contributed by atoms with Gasteiger partial charge in [-0.25, -0.2) is 4.79 Å². The van der Waals surface area contributed by atoms with Crippen LogP contribution in [-0.2, 0) is 11.2 Å². The fraction of sp³-hybridized carbons (Fsp3) is 0.562. The summed E-state index contributed by atoms with van der Waals surface area (Å²) < 4.78 is 5.18. The van der Waals surface area contributed by atoms with Crippen LogP contribution < -0.4 is 11.1 Å². The van der Waals surface area contributed by atoms with Crippen molar-refractivity contribution in [1.29, 1.82) is 0 Å². The lowest BCUT2D eigenvalue weighted by atomic mass is 9.99. The van der Waals surface area contributed by atoms with E-state index in [1.54, 1.807) is 0 Å². The molecule has 1 rings (SSSR count). The normalized spacial score (nSPS) is 12.9. The van der Waals surface area contributed by atoms with E-state index in [0.29, 0.717) is 6.54 Å². The Morgan fingerprint density at radius 2 is 2.00 bits per heavy atom. The molecule has 0 spiro atoms. The van der Waals surface area contributed by atoms with Crippen molar-refractivity contribution in [2.24, 2.45) is 5.73 Å². The van der Waals surface area contributed by atoms with Crippen molar-refractivity contribution < 1.29 is 9.53 Å². The van der Waals surface area contributed by atoms with Crippen LogP contribution in [0.2, 0.25) is 0 Å². The summed E-state index contributed by atoms with van der Waals surface area (Å²) in [5.74, 6) is 0. The molecule has 1 amide bonds. The van der Waals surface area contributed by atoms with E-state index >= 15 is 0 Å². The van der Waals surface area contributed by atoms with Gasteiger partial charge in [0, 0.05) is 12.6 Å². The molecule has 4 nitrogen and oxygen atoms in total. The Balaban J connectivity index is 2.46. The van der Waals surface area contributed by atoms with Gasteiger partial charge in [-0.15, -0.1) is 0 Å². The highest BCUT2D eigenvalue weighted by atomic mass is 16.6. The second-order valence-electron chi connectivity index (χ2n) is 6.28. The van der Waals surface area contributed by atoms with Crippen molar-refractivity contribution >= 4 is 6.09 Å². The largest absolute Gasteiger partial charge is 0.444 e. The predicted molar refractivity (Wildman–Crippen MR) is 81.8 cm³/mol. The predicted octanol–water partition coefficient (Wildman–Crippen LogP) is 2.70. The maximum Gasteiger partial charge on any atom is 0.407 e. The van der Waals surface area contributed by atoms with Crippen LogP contribution in [0.1, 0.15) is 37.5 Å². The van der Waals surface area contributed by atoms with E-state index in [2.05, 4.69) is 37.4 Å². The smallest absolute Gasteiger partial charge is 0.407 e. The van der Waals surface area contributed by atoms with Gasteiger partial charge in [0.25, 0.3) is 0 Å². The number of ether oxygens (including phenoxy) is 1. The number of carbonyl (C=O) groups excluding carboxylic acids is 1. The lowest BCUT2D eigenvalue weighted by Gasteiger charge is -2.21. The highest BCUT2D eigenvalue weighted by Gasteiger charge is 2.16. The topological polar surface area (TPSA) is 64.3 Å². The molecule has 20 heavy (non-hydrogen) atoms. The molecule has 4 heteroatoms. The molecule has 0 bridgehead atoms. The van der Waals surface area contributed by atoms with Gasteiger partial charge in [0.05, 0.1) is 0 Å². The van der Waals surface area contributed by atoms with Crippen LogP contribution in [0.5, 0.6) is 0 Å². The molecule has 0 radical (unpaired) electrons. The number of nitrogens with one attached hydrogen (secondary N) is 1. The van der Waals surface area contributed by atoms with Crippen molar-refractivity contribution in [1.82, 2.24) is 5.32 Å². The molecule has 0 aromatic heterocycles.